The number of amides is 1. The Bertz CT molecular complexity index is 504. The maximum atomic E-state index is 11.9. The van der Waals surface area contributed by atoms with Crippen molar-refractivity contribution >= 4 is 11.9 Å². The molecule has 108 valence electrons. The normalized spacial score (nSPS) is 18.6. The summed E-state index contributed by atoms with van der Waals surface area (Å²) in [6.45, 7) is 4.65. The van der Waals surface area contributed by atoms with Crippen LogP contribution in [0.2, 0.25) is 0 Å². The van der Waals surface area contributed by atoms with Gasteiger partial charge in [0.25, 0.3) is 0 Å². The van der Waals surface area contributed by atoms with Gasteiger partial charge in [0, 0.05) is 32.4 Å². The Hall–Kier alpha value is -1.95. The number of hydrogen-bond donors (Lipinski definition) is 2. The molecule has 0 bridgehead atoms. The third-order valence-corrected chi connectivity index (χ3v) is 3.55. The van der Waals surface area contributed by atoms with Crippen LogP contribution >= 0.6 is 0 Å². The lowest BCUT2D eigenvalue weighted by atomic mass is 10.1. The van der Waals surface area contributed by atoms with Crippen LogP contribution in [0.1, 0.15) is 29.4 Å². The monoisotopic (exact) mass is 277 g/mol. The van der Waals surface area contributed by atoms with E-state index < -0.39 is 5.97 Å². The number of carboxylic acids is 1. The van der Waals surface area contributed by atoms with Gasteiger partial charge in [-0.15, -0.1) is 0 Å². The van der Waals surface area contributed by atoms with Crippen LogP contribution < -0.4 is 5.32 Å². The van der Waals surface area contributed by atoms with Crippen LogP contribution in [-0.4, -0.2) is 46.5 Å². The first-order chi connectivity index (χ1) is 9.61. The standard InChI is InChI=1S/C14H19N3O3/c1-2-17-6-4-11(13(17)18)8-15-9-12-7-10(14(19)20)3-5-16-12/h3,5,7,11,15H,2,4,6,8-9H2,1H3,(H,19,20)/t11-/m1/s1. The Balaban J connectivity index is 1.83. The lowest BCUT2D eigenvalue weighted by Gasteiger charge is -2.14. The van der Waals surface area contributed by atoms with Gasteiger partial charge < -0.3 is 15.3 Å². The summed E-state index contributed by atoms with van der Waals surface area (Å²) in [5.41, 5.74) is 0.897. The van der Waals surface area contributed by atoms with Crippen molar-refractivity contribution in [3.8, 4) is 0 Å². The number of rotatable bonds is 6. The van der Waals surface area contributed by atoms with Crippen molar-refractivity contribution in [2.75, 3.05) is 19.6 Å². The fourth-order valence-electron chi connectivity index (χ4n) is 2.39. The quantitative estimate of drug-likeness (QED) is 0.801. The number of carboxylic acid groups (broad SMARTS) is 1. The van der Waals surface area contributed by atoms with Gasteiger partial charge in [0.15, 0.2) is 0 Å². The minimum atomic E-state index is -0.960. The Morgan fingerprint density at radius 1 is 1.60 bits per heavy atom. The molecule has 20 heavy (non-hydrogen) atoms. The Morgan fingerprint density at radius 2 is 2.40 bits per heavy atom. The van der Waals surface area contributed by atoms with E-state index in [1.807, 2.05) is 11.8 Å². The van der Waals surface area contributed by atoms with Gasteiger partial charge in [-0.1, -0.05) is 0 Å². The number of aromatic nitrogens is 1. The fourth-order valence-corrected chi connectivity index (χ4v) is 2.39. The Kier molecular flexibility index (Phi) is 4.68. The summed E-state index contributed by atoms with van der Waals surface area (Å²) >= 11 is 0. The van der Waals surface area contributed by atoms with E-state index in [0.717, 1.165) is 19.5 Å². The van der Waals surface area contributed by atoms with E-state index in [-0.39, 0.29) is 17.4 Å². The molecule has 6 heteroatoms. The summed E-state index contributed by atoms with van der Waals surface area (Å²) in [4.78, 5) is 28.7. The summed E-state index contributed by atoms with van der Waals surface area (Å²) in [6, 6.07) is 3.01. The highest BCUT2D eigenvalue weighted by Gasteiger charge is 2.29. The topological polar surface area (TPSA) is 82.5 Å². The van der Waals surface area contributed by atoms with E-state index in [1.165, 1.54) is 12.3 Å². The molecule has 0 aromatic carbocycles. The molecule has 2 heterocycles. The molecule has 6 nitrogen and oxygen atoms in total. The van der Waals surface area contributed by atoms with Gasteiger partial charge in [0.1, 0.15) is 0 Å². The van der Waals surface area contributed by atoms with Crippen LogP contribution in [0.25, 0.3) is 0 Å². The average molecular weight is 277 g/mol. The second kappa shape index (κ2) is 6.47. The first kappa shape index (κ1) is 14.5. The molecule has 0 spiro atoms. The highest BCUT2D eigenvalue weighted by Crippen LogP contribution is 2.16. The van der Waals surface area contributed by atoms with Gasteiger partial charge in [-0.3, -0.25) is 9.78 Å². The van der Waals surface area contributed by atoms with Crippen molar-refractivity contribution in [3.63, 3.8) is 0 Å². The van der Waals surface area contributed by atoms with Crippen LogP contribution in [0.4, 0.5) is 0 Å². The van der Waals surface area contributed by atoms with Gasteiger partial charge in [0.2, 0.25) is 5.91 Å². The number of carbonyl (C=O) groups excluding carboxylic acids is 1. The van der Waals surface area contributed by atoms with Gasteiger partial charge in [-0.2, -0.15) is 0 Å². The van der Waals surface area contributed by atoms with Crippen molar-refractivity contribution in [1.82, 2.24) is 15.2 Å². The Morgan fingerprint density at radius 3 is 3.05 bits per heavy atom. The van der Waals surface area contributed by atoms with Gasteiger partial charge in [-0.25, -0.2) is 4.79 Å². The third kappa shape index (κ3) is 3.33. The maximum Gasteiger partial charge on any atom is 0.335 e. The van der Waals surface area contributed by atoms with Crippen LogP contribution in [0.5, 0.6) is 0 Å². The highest BCUT2D eigenvalue weighted by atomic mass is 16.4. The molecule has 1 aromatic rings. The van der Waals surface area contributed by atoms with E-state index in [0.29, 0.717) is 18.8 Å². The molecule has 0 unspecified atom stereocenters. The van der Waals surface area contributed by atoms with Crippen molar-refractivity contribution in [2.24, 2.45) is 5.92 Å². The minimum absolute atomic E-state index is 0.0256. The molecular weight excluding hydrogens is 258 g/mol. The molecule has 1 fully saturated rings. The predicted molar refractivity (Wildman–Crippen MR) is 73.3 cm³/mol. The molecule has 1 aromatic heterocycles. The second-order valence-electron chi connectivity index (χ2n) is 4.88. The molecule has 1 saturated heterocycles. The number of aromatic carboxylic acids is 1. The molecule has 1 atom stereocenters. The summed E-state index contributed by atoms with van der Waals surface area (Å²) in [5, 5.41) is 12.1. The smallest absolute Gasteiger partial charge is 0.335 e. The summed E-state index contributed by atoms with van der Waals surface area (Å²) < 4.78 is 0. The molecule has 1 aliphatic rings. The molecule has 0 aliphatic carbocycles. The van der Waals surface area contributed by atoms with Gasteiger partial charge >= 0.3 is 5.97 Å². The van der Waals surface area contributed by atoms with Crippen molar-refractivity contribution in [1.29, 1.82) is 0 Å². The van der Waals surface area contributed by atoms with E-state index >= 15 is 0 Å². The van der Waals surface area contributed by atoms with Crippen LogP contribution in [0.3, 0.4) is 0 Å². The van der Waals surface area contributed by atoms with Crippen molar-refractivity contribution < 1.29 is 14.7 Å². The van der Waals surface area contributed by atoms with Crippen molar-refractivity contribution in [3.05, 3.63) is 29.6 Å². The largest absolute Gasteiger partial charge is 0.478 e. The number of nitrogens with zero attached hydrogens (tertiary/aromatic N) is 2. The lowest BCUT2D eigenvalue weighted by molar-refractivity contribution is -0.130. The van der Waals surface area contributed by atoms with E-state index in [4.69, 9.17) is 5.11 Å². The number of carbonyl (C=O) groups is 2. The average Bonchev–Trinajstić information content (AvgIpc) is 2.80. The van der Waals surface area contributed by atoms with E-state index in [9.17, 15) is 9.59 Å². The Labute approximate surface area is 117 Å². The maximum absolute atomic E-state index is 11.9. The van der Waals surface area contributed by atoms with Gasteiger partial charge in [0.05, 0.1) is 17.2 Å². The fraction of sp³-hybridized carbons (Fsp3) is 0.500. The zero-order valence-corrected chi connectivity index (χ0v) is 11.5. The first-order valence-electron chi connectivity index (χ1n) is 6.79. The molecule has 1 aliphatic heterocycles. The minimum Gasteiger partial charge on any atom is -0.478 e. The summed E-state index contributed by atoms with van der Waals surface area (Å²) in [5.74, 6) is -0.733. The van der Waals surface area contributed by atoms with Gasteiger partial charge in [-0.05, 0) is 25.5 Å². The number of likely N-dealkylation sites (tertiary alicyclic amines) is 1. The summed E-state index contributed by atoms with van der Waals surface area (Å²) in [7, 11) is 0. The van der Waals surface area contributed by atoms with Crippen LogP contribution in [-0.2, 0) is 11.3 Å². The zero-order chi connectivity index (χ0) is 14.5. The van der Waals surface area contributed by atoms with Crippen LogP contribution in [0, 0.1) is 5.92 Å². The van der Waals surface area contributed by atoms with E-state index in [1.54, 1.807) is 6.07 Å². The number of hydrogen-bond acceptors (Lipinski definition) is 4. The SMILES string of the molecule is CCN1CC[C@H](CNCc2cc(C(=O)O)ccn2)C1=O. The second-order valence-corrected chi connectivity index (χ2v) is 4.88. The number of nitrogens with one attached hydrogen (secondary N) is 1. The van der Waals surface area contributed by atoms with Crippen molar-refractivity contribution in [2.45, 2.75) is 19.9 Å². The summed E-state index contributed by atoms with van der Waals surface area (Å²) in [6.07, 6.45) is 2.36. The van der Waals surface area contributed by atoms with Crippen LogP contribution in [0.15, 0.2) is 18.3 Å². The molecule has 1 amide bonds. The lowest BCUT2D eigenvalue weighted by Crippen LogP contribution is -2.31. The zero-order valence-electron chi connectivity index (χ0n) is 11.5. The number of pyridine rings is 1. The molecule has 0 radical (unpaired) electrons. The highest BCUT2D eigenvalue weighted by molar-refractivity contribution is 5.87. The first-order valence-corrected chi connectivity index (χ1v) is 6.79. The molecule has 0 saturated carbocycles. The third-order valence-electron chi connectivity index (χ3n) is 3.55. The predicted octanol–water partition coefficient (Wildman–Crippen LogP) is 0.738. The molecule has 2 rings (SSSR count). The molecular formula is C14H19N3O3. The van der Waals surface area contributed by atoms with E-state index in [2.05, 4.69) is 10.3 Å². The molecule has 2 N–H and O–H groups in total.